The summed E-state index contributed by atoms with van der Waals surface area (Å²) in [5.41, 5.74) is 1.76. The molecule has 4 nitrogen and oxygen atoms in total. The van der Waals surface area contributed by atoms with Crippen molar-refractivity contribution in [2.45, 2.75) is 13.5 Å². The predicted octanol–water partition coefficient (Wildman–Crippen LogP) is 0.846. The van der Waals surface area contributed by atoms with Crippen LogP contribution in [0.25, 0.3) is 11.2 Å². The highest BCUT2D eigenvalue weighted by Gasteiger charge is 1.99. The normalized spacial score (nSPS) is 10.6. The Hall–Kier alpha value is -1.45. The van der Waals surface area contributed by atoms with Gasteiger partial charge in [-0.2, -0.15) is 0 Å². The zero-order valence-electron chi connectivity index (χ0n) is 6.23. The molecule has 0 aliphatic rings. The highest BCUT2D eigenvalue weighted by Crippen LogP contribution is 2.06. The molecule has 0 unspecified atom stereocenters. The molecule has 0 N–H and O–H groups in total. The van der Waals surface area contributed by atoms with Crippen molar-refractivity contribution < 1.29 is 0 Å². The fourth-order valence-corrected chi connectivity index (χ4v) is 1.06. The van der Waals surface area contributed by atoms with E-state index in [4.69, 9.17) is 0 Å². The van der Waals surface area contributed by atoms with Gasteiger partial charge in [0.1, 0.15) is 11.8 Å². The zero-order valence-corrected chi connectivity index (χ0v) is 6.23. The smallest absolute Gasteiger partial charge is 0.180 e. The van der Waals surface area contributed by atoms with Crippen molar-refractivity contribution in [3.05, 3.63) is 18.9 Å². The van der Waals surface area contributed by atoms with Gasteiger partial charge in [-0.3, -0.25) is 0 Å². The summed E-state index contributed by atoms with van der Waals surface area (Å²) in [6, 6.07) is 0. The van der Waals surface area contributed by atoms with Crippen LogP contribution >= 0.6 is 0 Å². The van der Waals surface area contributed by atoms with Crippen molar-refractivity contribution in [2.75, 3.05) is 0 Å². The second-order valence-electron chi connectivity index (χ2n) is 2.26. The highest BCUT2D eigenvalue weighted by molar-refractivity contribution is 5.68. The Balaban J connectivity index is 2.76. The molecule has 2 aromatic heterocycles. The first-order valence-electron chi connectivity index (χ1n) is 3.52. The van der Waals surface area contributed by atoms with E-state index in [1.807, 2.05) is 4.57 Å². The molecule has 0 amide bonds. The summed E-state index contributed by atoms with van der Waals surface area (Å²) in [4.78, 5) is 12.0. The van der Waals surface area contributed by atoms with Crippen LogP contribution in [0.4, 0.5) is 0 Å². The van der Waals surface area contributed by atoms with E-state index < -0.39 is 0 Å². The summed E-state index contributed by atoms with van der Waals surface area (Å²) in [6.07, 6.45) is 5.06. The molecule has 11 heavy (non-hydrogen) atoms. The third kappa shape index (κ3) is 0.869. The van der Waals surface area contributed by atoms with Gasteiger partial charge in [-0.25, -0.2) is 15.0 Å². The molecule has 0 spiro atoms. The number of hydrogen-bond acceptors (Lipinski definition) is 3. The van der Waals surface area contributed by atoms with Crippen LogP contribution in [0.5, 0.6) is 0 Å². The number of aryl methyl sites for hydroxylation is 1. The minimum atomic E-state index is 0.766. The molecule has 56 valence electrons. The number of nitrogens with zero attached hydrogens (tertiary/aromatic N) is 4. The lowest BCUT2D eigenvalue weighted by Gasteiger charge is -1.94. The fourth-order valence-electron chi connectivity index (χ4n) is 1.06. The van der Waals surface area contributed by atoms with E-state index in [9.17, 15) is 0 Å². The number of hydrogen-bond donors (Lipinski definition) is 0. The number of rotatable bonds is 1. The van der Waals surface area contributed by atoms with Gasteiger partial charge in [0.2, 0.25) is 0 Å². The molecule has 2 rings (SSSR count). The minimum absolute atomic E-state index is 0.766. The van der Waals surface area contributed by atoms with E-state index >= 15 is 0 Å². The summed E-state index contributed by atoms with van der Waals surface area (Å²) < 4.78 is 2.01. The summed E-state index contributed by atoms with van der Waals surface area (Å²) in [5.74, 6) is 0. The molecule has 0 radical (unpaired) electrons. The summed E-state index contributed by atoms with van der Waals surface area (Å²) >= 11 is 0. The molecule has 0 bridgehead atoms. The standard InChI is InChI=1S/C7H8N4/c1-2-11-5-10-7-6(11)3-8-4-9-7/h3-5H,2H2,1H3. The molecule has 0 saturated heterocycles. The number of imidazole rings is 1. The van der Waals surface area contributed by atoms with Crippen molar-refractivity contribution in [2.24, 2.45) is 0 Å². The van der Waals surface area contributed by atoms with E-state index in [-0.39, 0.29) is 0 Å². The van der Waals surface area contributed by atoms with Gasteiger partial charge < -0.3 is 4.57 Å². The molecule has 0 fully saturated rings. The summed E-state index contributed by atoms with van der Waals surface area (Å²) in [7, 11) is 0. The lowest BCUT2D eigenvalue weighted by atomic mass is 10.5. The van der Waals surface area contributed by atoms with Crippen molar-refractivity contribution in [3.63, 3.8) is 0 Å². The maximum absolute atomic E-state index is 4.10. The van der Waals surface area contributed by atoms with Crippen LogP contribution in [0.3, 0.4) is 0 Å². The van der Waals surface area contributed by atoms with Gasteiger partial charge in [0.25, 0.3) is 0 Å². The first kappa shape index (κ1) is 6.27. The maximum atomic E-state index is 4.10. The van der Waals surface area contributed by atoms with Crippen LogP contribution in [0, 0.1) is 0 Å². The van der Waals surface area contributed by atoms with Crippen molar-refractivity contribution in [1.82, 2.24) is 19.5 Å². The third-order valence-electron chi connectivity index (χ3n) is 1.64. The number of fused-ring (bicyclic) bond motifs is 1. The Bertz CT molecular complexity index is 365. The third-order valence-corrected chi connectivity index (χ3v) is 1.64. The van der Waals surface area contributed by atoms with Gasteiger partial charge in [0.05, 0.1) is 12.5 Å². The van der Waals surface area contributed by atoms with Crippen LogP contribution in [-0.4, -0.2) is 19.5 Å². The first-order chi connectivity index (χ1) is 5.42. The quantitative estimate of drug-likeness (QED) is 0.602. The summed E-state index contributed by atoms with van der Waals surface area (Å²) in [6.45, 7) is 2.97. The minimum Gasteiger partial charge on any atom is -0.328 e. The molecule has 0 aromatic carbocycles. The Morgan fingerprint density at radius 2 is 2.36 bits per heavy atom. The molecular weight excluding hydrogens is 140 g/mol. The van der Waals surface area contributed by atoms with Gasteiger partial charge in [0.15, 0.2) is 5.65 Å². The second-order valence-corrected chi connectivity index (χ2v) is 2.26. The van der Waals surface area contributed by atoms with Gasteiger partial charge in [-0.15, -0.1) is 0 Å². The topological polar surface area (TPSA) is 43.6 Å². The Kier molecular flexibility index (Phi) is 1.31. The summed E-state index contributed by atoms with van der Waals surface area (Å²) in [5, 5.41) is 0. The van der Waals surface area contributed by atoms with Crippen molar-refractivity contribution in [1.29, 1.82) is 0 Å². The van der Waals surface area contributed by atoms with Crippen LogP contribution in [0.1, 0.15) is 6.92 Å². The van der Waals surface area contributed by atoms with Gasteiger partial charge in [0, 0.05) is 6.54 Å². The van der Waals surface area contributed by atoms with Gasteiger partial charge >= 0.3 is 0 Å². The van der Waals surface area contributed by atoms with E-state index in [0.29, 0.717) is 0 Å². The predicted molar refractivity (Wildman–Crippen MR) is 41.0 cm³/mol. The average molecular weight is 148 g/mol. The molecule has 0 saturated carbocycles. The largest absolute Gasteiger partial charge is 0.328 e. The Labute approximate surface area is 63.9 Å². The molecule has 2 aromatic rings. The van der Waals surface area contributed by atoms with E-state index in [2.05, 4.69) is 21.9 Å². The Morgan fingerprint density at radius 3 is 3.18 bits per heavy atom. The monoisotopic (exact) mass is 148 g/mol. The van der Waals surface area contributed by atoms with E-state index in [1.54, 1.807) is 12.5 Å². The van der Waals surface area contributed by atoms with E-state index in [0.717, 1.165) is 17.7 Å². The highest BCUT2D eigenvalue weighted by atomic mass is 15.1. The van der Waals surface area contributed by atoms with Crippen LogP contribution in [0.15, 0.2) is 18.9 Å². The molecular formula is C7H8N4. The SMILES string of the molecule is CCn1cnc2ncncc21. The molecule has 2 heterocycles. The lowest BCUT2D eigenvalue weighted by molar-refractivity contribution is 0.785. The molecule has 0 atom stereocenters. The maximum Gasteiger partial charge on any atom is 0.180 e. The number of aromatic nitrogens is 4. The second kappa shape index (κ2) is 2.30. The lowest BCUT2D eigenvalue weighted by Crippen LogP contribution is -1.91. The molecule has 0 aliphatic carbocycles. The average Bonchev–Trinajstić information content (AvgIpc) is 2.47. The van der Waals surface area contributed by atoms with Gasteiger partial charge in [-0.1, -0.05) is 0 Å². The fraction of sp³-hybridized carbons (Fsp3) is 0.286. The Morgan fingerprint density at radius 1 is 1.45 bits per heavy atom. The van der Waals surface area contributed by atoms with Gasteiger partial charge in [-0.05, 0) is 6.92 Å². The molecule has 4 heteroatoms. The van der Waals surface area contributed by atoms with Crippen molar-refractivity contribution in [3.8, 4) is 0 Å². The first-order valence-corrected chi connectivity index (χ1v) is 3.52. The molecule has 0 aliphatic heterocycles. The van der Waals surface area contributed by atoms with Crippen LogP contribution in [0.2, 0.25) is 0 Å². The van der Waals surface area contributed by atoms with Crippen LogP contribution in [-0.2, 0) is 6.54 Å². The van der Waals surface area contributed by atoms with Crippen molar-refractivity contribution >= 4 is 11.2 Å². The van der Waals surface area contributed by atoms with E-state index in [1.165, 1.54) is 6.33 Å². The zero-order chi connectivity index (χ0) is 7.68. The van der Waals surface area contributed by atoms with Crippen LogP contribution < -0.4 is 0 Å².